The Balaban J connectivity index is 2.65. The molecule has 1 aromatic heterocycles. The molecule has 0 saturated heterocycles. The highest BCUT2D eigenvalue weighted by Crippen LogP contribution is 2.24. The molecule has 2 rings (SSSR count). The van der Waals surface area contributed by atoms with Crippen LogP contribution in [0.25, 0.3) is 10.8 Å². The molecule has 1 heterocycles. The standard InChI is InChI=1S/C12H13NO/c1-2-12(14)11-8-13-7-9-5-3-4-6-10(9)11/h3-8,12,14H,2H2,1H3/t12-/m1/s1. The van der Waals surface area contributed by atoms with E-state index in [1.807, 2.05) is 37.4 Å². The number of hydrogen-bond donors (Lipinski definition) is 1. The van der Waals surface area contributed by atoms with E-state index >= 15 is 0 Å². The Morgan fingerprint density at radius 2 is 2.07 bits per heavy atom. The average molecular weight is 187 g/mol. The van der Waals surface area contributed by atoms with E-state index in [0.717, 1.165) is 22.8 Å². The zero-order valence-corrected chi connectivity index (χ0v) is 8.14. The normalized spacial score (nSPS) is 13.0. The summed E-state index contributed by atoms with van der Waals surface area (Å²) < 4.78 is 0. The Morgan fingerprint density at radius 3 is 2.86 bits per heavy atom. The number of aliphatic hydroxyl groups is 1. The van der Waals surface area contributed by atoms with Crippen molar-refractivity contribution in [2.75, 3.05) is 0 Å². The first-order valence-corrected chi connectivity index (χ1v) is 4.83. The molecule has 0 unspecified atom stereocenters. The van der Waals surface area contributed by atoms with Gasteiger partial charge in [-0.25, -0.2) is 0 Å². The lowest BCUT2D eigenvalue weighted by Crippen LogP contribution is -1.97. The molecule has 0 spiro atoms. The maximum Gasteiger partial charge on any atom is 0.0808 e. The minimum Gasteiger partial charge on any atom is -0.388 e. The van der Waals surface area contributed by atoms with Crippen LogP contribution in [-0.4, -0.2) is 10.1 Å². The smallest absolute Gasteiger partial charge is 0.0808 e. The van der Waals surface area contributed by atoms with Crippen LogP contribution < -0.4 is 0 Å². The van der Waals surface area contributed by atoms with Crippen LogP contribution in [0.2, 0.25) is 0 Å². The highest BCUT2D eigenvalue weighted by molar-refractivity contribution is 5.84. The van der Waals surface area contributed by atoms with E-state index in [-0.39, 0.29) is 0 Å². The van der Waals surface area contributed by atoms with Crippen molar-refractivity contribution in [3.63, 3.8) is 0 Å². The molecular formula is C12H13NO. The maximum atomic E-state index is 9.79. The summed E-state index contributed by atoms with van der Waals surface area (Å²) in [6.45, 7) is 1.96. The Kier molecular flexibility index (Phi) is 2.46. The second-order valence-corrected chi connectivity index (χ2v) is 3.37. The van der Waals surface area contributed by atoms with Gasteiger partial charge in [0.15, 0.2) is 0 Å². The molecule has 2 aromatic rings. The Bertz CT molecular complexity index is 434. The SMILES string of the molecule is CC[C@@H](O)c1cncc2ccccc12. The minimum absolute atomic E-state index is 0.409. The fourth-order valence-electron chi connectivity index (χ4n) is 1.63. The van der Waals surface area contributed by atoms with Crippen LogP contribution in [0.1, 0.15) is 25.0 Å². The predicted molar refractivity (Wildman–Crippen MR) is 57.0 cm³/mol. The first-order valence-electron chi connectivity index (χ1n) is 4.83. The number of pyridine rings is 1. The van der Waals surface area contributed by atoms with Crippen molar-refractivity contribution in [3.8, 4) is 0 Å². The van der Waals surface area contributed by atoms with Gasteiger partial charge in [0.05, 0.1) is 6.10 Å². The molecule has 2 heteroatoms. The second-order valence-electron chi connectivity index (χ2n) is 3.37. The number of hydrogen-bond acceptors (Lipinski definition) is 2. The molecular weight excluding hydrogens is 174 g/mol. The molecule has 1 N–H and O–H groups in total. The highest BCUT2D eigenvalue weighted by Gasteiger charge is 2.08. The van der Waals surface area contributed by atoms with E-state index in [1.54, 1.807) is 6.20 Å². The molecule has 2 nitrogen and oxygen atoms in total. The molecule has 0 bridgehead atoms. The monoisotopic (exact) mass is 187 g/mol. The number of aliphatic hydroxyl groups excluding tert-OH is 1. The predicted octanol–water partition coefficient (Wildman–Crippen LogP) is 2.68. The Morgan fingerprint density at radius 1 is 1.29 bits per heavy atom. The summed E-state index contributed by atoms with van der Waals surface area (Å²) in [7, 11) is 0. The lowest BCUT2D eigenvalue weighted by Gasteiger charge is -2.10. The van der Waals surface area contributed by atoms with Crippen LogP contribution in [0.4, 0.5) is 0 Å². The Labute approximate surface area is 83.2 Å². The van der Waals surface area contributed by atoms with Crippen LogP contribution in [-0.2, 0) is 0 Å². The van der Waals surface area contributed by atoms with Crippen molar-refractivity contribution in [1.82, 2.24) is 4.98 Å². The van der Waals surface area contributed by atoms with Gasteiger partial charge in [-0.05, 0) is 11.8 Å². The van der Waals surface area contributed by atoms with E-state index in [4.69, 9.17) is 0 Å². The van der Waals surface area contributed by atoms with Gasteiger partial charge in [0.1, 0.15) is 0 Å². The van der Waals surface area contributed by atoms with Crippen LogP contribution >= 0.6 is 0 Å². The van der Waals surface area contributed by atoms with E-state index in [0.29, 0.717) is 0 Å². The maximum absolute atomic E-state index is 9.79. The van der Waals surface area contributed by atoms with Crippen molar-refractivity contribution in [3.05, 3.63) is 42.2 Å². The summed E-state index contributed by atoms with van der Waals surface area (Å²) in [5.41, 5.74) is 0.922. The van der Waals surface area contributed by atoms with Gasteiger partial charge < -0.3 is 5.11 Å². The molecule has 72 valence electrons. The van der Waals surface area contributed by atoms with Crippen LogP contribution in [0.3, 0.4) is 0 Å². The summed E-state index contributed by atoms with van der Waals surface area (Å²) in [4.78, 5) is 4.12. The molecule has 1 atom stereocenters. The topological polar surface area (TPSA) is 33.1 Å². The van der Waals surface area contributed by atoms with Gasteiger partial charge in [0.2, 0.25) is 0 Å². The van der Waals surface area contributed by atoms with Crippen molar-refractivity contribution in [2.24, 2.45) is 0 Å². The molecule has 0 fully saturated rings. The lowest BCUT2D eigenvalue weighted by molar-refractivity contribution is 0.175. The van der Waals surface area contributed by atoms with Crippen molar-refractivity contribution < 1.29 is 5.11 Å². The molecule has 14 heavy (non-hydrogen) atoms. The molecule has 0 aliphatic carbocycles. The van der Waals surface area contributed by atoms with E-state index in [2.05, 4.69) is 4.98 Å². The molecule has 0 amide bonds. The number of aromatic nitrogens is 1. The molecule has 0 radical (unpaired) electrons. The largest absolute Gasteiger partial charge is 0.388 e. The van der Waals surface area contributed by atoms with Gasteiger partial charge in [0, 0.05) is 23.3 Å². The summed E-state index contributed by atoms with van der Waals surface area (Å²) in [6, 6.07) is 7.99. The number of nitrogens with zero attached hydrogens (tertiary/aromatic N) is 1. The molecule has 1 aromatic carbocycles. The number of rotatable bonds is 2. The summed E-state index contributed by atoms with van der Waals surface area (Å²) in [6.07, 6.45) is 3.88. The van der Waals surface area contributed by atoms with Gasteiger partial charge in [-0.15, -0.1) is 0 Å². The zero-order chi connectivity index (χ0) is 9.97. The third-order valence-electron chi connectivity index (χ3n) is 2.44. The van der Waals surface area contributed by atoms with Crippen molar-refractivity contribution >= 4 is 10.8 Å². The summed E-state index contributed by atoms with van der Waals surface area (Å²) >= 11 is 0. The van der Waals surface area contributed by atoms with Crippen LogP contribution in [0.5, 0.6) is 0 Å². The van der Waals surface area contributed by atoms with Gasteiger partial charge >= 0.3 is 0 Å². The number of fused-ring (bicyclic) bond motifs is 1. The first kappa shape index (κ1) is 9.16. The van der Waals surface area contributed by atoms with Crippen LogP contribution in [0, 0.1) is 0 Å². The molecule has 0 aliphatic heterocycles. The number of benzene rings is 1. The summed E-state index contributed by atoms with van der Waals surface area (Å²) in [5, 5.41) is 12.0. The lowest BCUT2D eigenvalue weighted by atomic mass is 10.0. The second kappa shape index (κ2) is 3.76. The van der Waals surface area contributed by atoms with Crippen molar-refractivity contribution in [2.45, 2.75) is 19.4 Å². The fourth-order valence-corrected chi connectivity index (χ4v) is 1.63. The molecule has 0 saturated carbocycles. The Hall–Kier alpha value is -1.41. The first-order chi connectivity index (χ1) is 6.83. The van der Waals surface area contributed by atoms with E-state index in [1.165, 1.54) is 0 Å². The average Bonchev–Trinajstić information content (AvgIpc) is 2.27. The van der Waals surface area contributed by atoms with Gasteiger partial charge in [-0.3, -0.25) is 4.98 Å². The highest BCUT2D eigenvalue weighted by atomic mass is 16.3. The van der Waals surface area contributed by atoms with Gasteiger partial charge in [-0.2, -0.15) is 0 Å². The summed E-state index contributed by atoms with van der Waals surface area (Å²) in [5.74, 6) is 0. The third-order valence-corrected chi connectivity index (χ3v) is 2.44. The minimum atomic E-state index is -0.409. The van der Waals surface area contributed by atoms with Crippen LogP contribution in [0.15, 0.2) is 36.7 Å². The van der Waals surface area contributed by atoms with Gasteiger partial charge in [-0.1, -0.05) is 31.2 Å². The molecule has 0 aliphatic rings. The van der Waals surface area contributed by atoms with Crippen molar-refractivity contribution in [1.29, 1.82) is 0 Å². The van der Waals surface area contributed by atoms with Gasteiger partial charge in [0.25, 0.3) is 0 Å². The third kappa shape index (κ3) is 1.49. The van der Waals surface area contributed by atoms with E-state index < -0.39 is 6.10 Å². The van der Waals surface area contributed by atoms with E-state index in [9.17, 15) is 5.11 Å². The zero-order valence-electron chi connectivity index (χ0n) is 8.14. The quantitative estimate of drug-likeness (QED) is 0.784. The fraction of sp³-hybridized carbons (Fsp3) is 0.250.